The minimum atomic E-state index is -0.243. The Labute approximate surface area is 88.8 Å². The smallest absolute Gasteiger partial charge is 0.0801 e. The molecule has 0 saturated heterocycles. The van der Waals surface area contributed by atoms with E-state index in [-0.39, 0.29) is 12.1 Å². The predicted molar refractivity (Wildman–Crippen MR) is 59.4 cm³/mol. The van der Waals surface area contributed by atoms with Crippen molar-refractivity contribution in [3.05, 3.63) is 21.4 Å². The van der Waals surface area contributed by atoms with Crippen LogP contribution in [0, 0.1) is 0 Å². The Morgan fingerprint density at radius 3 is 3.14 bits per heavy atom. The largest absolute Gasteiger partial charge is 0.388 e. The van der Waals surface area contributed by atoms with Crippen molar-refractivity contribution in [1.82, 2.24) is 0 Å². The Balaban J connectivity index is 2.30. The number of hydrogen-bond donors (Lipinski definition) is 2. The van der Waals surface area contributed by atoms with Crippen LogP contribution in [0.15, 0.2) is 6.07 Å². The van der Waals surface area contributed by atoms with Crippen molar-refractivity contribution >= 4 is 11.3 Å². The van der Waals surface area contributed by atoms with Gasteiger partial charge in [-0.3, -0.25) is 0 Å². The average molecular weight is 211 g/mol. The molecular formula is C11H17NOS. The molecule has 1 aromatic rings. The fourth-order valence-corrected chi connectivity index (χ4v) is 3.28. The molecule has 0 fully saturated rings. The van der Waals surface area contributed by atoms with Crippen LogP contribution in [0.5, 0.6) is 0 Å². The topological polar surface area (TPSA) is 46.2 Å². The zero-order chi connectivity index (χ0) is 10.1. The van der Waals surface area contributed by atoms with E-state index < -0.39 is 0 Å². The molecule has 1 aliphatic rings. The first kappa shape index (κ1) is 10.1. The molecule has 1 heterocycles. The van der Waals surface area contributed by atoms with Crippen LogP contribution in [0.2, 0.25) is 0 Å². The van der Waals surface area contributed by atoms with Gasteiger partial charge >= 0.3 is 0 Å². The zero-order valence-corrected chi connectivity index (χ0v) is 9.31. The zero-order valence-electron chi connectivity index (χ0n) is 8.49. The highest BCUT2D eigenvalue weighted by molar-refractivity contribution is 7.12. The van der Waals surface area contributed by atoms with E-state index in [2.05, 4.69) is 13.0 Å². The summed E-state index contributed by atoms with van der Waals surface area (Å²) in [6, 6.07) is 2.26. The molecule has 2 atom stereocenters. The monoisotopic (exact) mass is 211 g/mol. The van der Waals surface area contributed by atoms with Crippen molar-refractivity contribution in [3.8, 4) is 0 Å². The molecule has 3 heteroatoms. The van der Waals surface area contributed by atoms with Crippen LogP contribution in [-0.4, -0.2) is 5.11 Å². The molecule has 1 aliphatic carbocycles. The van der Waals surface area contributed by atoms with E-state index in [1.54, 1.807) is 11.3 Å². The molecule has 0 spiro atoms. The Morgan fingerprint density at radius 1 is 1.71 bits per heavy atom. The molecule has 2 unspecified atom stereocenters. The summed E-state index contributed by atoms with van der Waals surface area (Å²) >= 11 is 1.79. The standard InChI is InChI=1S/C11H17NOS/c1-2-8(12)11-6-7-9(13)4-3-5-10(7)14-11/h6,8-9,13H,2-5,12H2,1H3. The second-order valence-electron chi connectivity index (χ2n) is 3.95. The number of thiophene rings is 1. The van der Waals surface area contributed by atoms with Crippen LogP contribution < -0.4 is 5.73 Å². The van der Waals surface area contributed by atoms with Crippen LogP contribution in [0.25, 0.3) is 0 Å². The highest BCUT2D eigenvalue weighted by Gasteiger charge is 2.22. The normalized spacial score (nSPS) is 23.2. The highest BCUT2D eigenvalue weighted by Crippen LogP contribution is 2.37. The molecule has 0 saturated carbocycles. The molecule has 0 aliphatic heterocycles. The maximum Gasteiger partial charge on any atom is 0.0801 e. The van der Waals surface area contributed by atoms with E-state index in [0.717, 1.165) is 31.2 Å². The van der Waals surface area contributed by atoms with Gasteiger partial charge in [0.15, 0.2) is 0 Å². The van der Waals surface area contributed by atoms with Crippen LogP contribution in [0.4, 0.5) is 0 Å². The molecule has 0 aromatic carbocycles. The van der Waals surface area contributed by atoms with E-state index in [1.807, 2.05) is 0 Å². The molecule has 0 bridgehead atoms. The van der Waals surface area contributed by atoms with Gasteiger partial charge in [0.05, 0.1) is 6.10 Å². The molecule has 0 amide bonds. The third kappa shape index (κ3) is 1.72. The van der Waals surface area contributed by atoms with Gasteiger partial charge in [-0.05, 0) is 37.3 Å². The number of rotatable bonds is 2. The summed E-state index contributed by atoms with van der Waals surface area (Å²) in [4.78, 5) is 2.58. The molecule has 2 rings (SSSR count). The first-order valence-corrected chi connectivity index (χ1v) is 6.10. The fourth-order valence-electron chi connectivity index (χ4n) is 1.94. The first-order valence-electron chi connectivity index (χ1n) is 5.28. The van der Waals surface area contributed by atoms with Gasteiger partial charge in [-0.2, -0.15) is 0 Å². The Kier molecular flexibility index (Phi) is 2.91. The van der Waals surface area contributed by atoms with E-state index in [9.17, 15) is 5.11 Å². The third-order valence-electron chi connectivity index (χ3n) is 2.91. The Bertz CT molecular complexity index is 321. The third-order valence-corrected chi connectivity index (χ3v) is 4.25. The maximum atomic E-state index is 9.80. The number of fused-ring (bicyclic) bond motifs is 1. The number of nitrogens with two attached hydrogens (primary N) is 1. The summed E-state index contributed by atoms with van der Waals surface area (Å²) < 4.78 is 0. The average Bonchev–Trinajstić information content (AvgIpc) is 2.62. The van der Waals surface area contributed by atoms with Crippen LogP contribution >= 0.6 is 11.3 Å². The molecule has 14 heavy (non-hydrogen) atoms. The van der Waals surface area contributed by atoms with Gasteiger partial charge in [-0.25, -0.2) is 0 Å². The van der Waals surface area contributed by atoms with Crippen molar-refractivity contribution < 1.29 is 5.11 Å². The van der Waals surface area contributed by atoms with E-state index >= 15 is 0 Å². The summed E-state index contributed by atoms with van der Waals surface area (Å²) in [5.74, 6) is 0. The lowest BCUT2D eigenvalue weighted by Crippen LogP contribution is -2.06. The van der Waals surface area contributed by atoms with Crippen molar-refractivity contribution in [1.29, 1.82) is 0 Å². The molecule has 3 N–H and O–H groups in total. The lowest BCUT2D eigenvalue weighted by molar-refractivity contribution is 0.157. The first-order chi connectivity index (χ1) is 6.72. The SMILES string of the molecule is CCC(N)c1cc2c(s1)CCCC2O. The van der Waals surface area contributed by atoms with Crippen molar-refractivity contribution in [3.63, 3.8) is 0 Å². The van der Waals surface area contributed by atoms with E-state index in [4.69, 9.17) is 5.73 Å². The predicted octanol–water partition coefficient (Wildman–Crippen LogP) is 2.53. The Morgan fingerprint density at radius 2 is 2.50 bits per heavy atom. The molecule has 0 radical (unpaired) electrons. The van der Waals surface area contributed by atoms with Gasteiger partial charge in [0.25, 0.3) is 0 Å². The van der Waals surface area contributed by atoms with Crippen molar-refractivity contribution in [2.45, 2.75) is 44.8 Å². The molecule has 1 aromatic heterocycles. The summed E-state index contributed by atoms with van der Waals surface area (Å²) in [6.07, 6.45) is 3.86. The second kappa shape index (κ2) is 4.01. The fraction of sp³-hybridized carbons (Fsp3) is 0.636. The summed E-state index contributed by atoms with van der Waals surface area (Å²) in [7, 11) is 0. The quantitative estimate of drug-likeness (QED) is 0.789. The molecule has 78 valence electrons. The highest BCUT2D eigenvalue weighted by atomic mass is 32.1. The van der Waals surface area contributed by atoms with Crippen LogP contribution in [-0.2, 0) is 6.42 Å². The lowest BCUT2D eigenvalue weighted by Gasteiger charge is -2.16. The van der Waals surface area contributed by atoms with Gasteiger partial charge in [0.2, 0.25) is 0 Å². The lowest BCUT2D eigenvalue weighted by atomic mass is 9.96. The van der Waals surface area contributed by atoms with Gasteiger partial charge in [-0.1, -0.05) is 6.92 Å². The van der Waals surface area contributed by atoms with E-state index in [0.29, 0.717) is 0 Å². The van der Waals surface area contributed by atoms with E-state index in [1.165, 1.54) is 9.75 Å². The van der Waals surface area contributed by atoms with Crippen molar-refractivity contribution in [2.24, 2.45) is 5.73 Å². The van der Waals surface area contributed by atoms with Gasteiger partial charge < -0.3 is 10.8 Å². The summed E-state index contributed by atoms with van der Waals surface area (Å²) in [6.45, 7) is 2.10. The minimum Gasteiger partial charge on any atom is -0.388 e. The summed E-state index contributed by atoms with van der Waals surface area (Å²) in [5, 5.41) is 9.80. The number of aliphatic hydroxyl groups excluding tert-OH is 1. The van der Waals surface area contributed by atoms with Crippen molar-refractivity contribution in [2.75, 3.05) is 0 Å². The molecular weight excluding hydrogens is 194 g/mol. The number of aryl methyl sites for hydroxylation is 1. The Hall–Kier alpha value is -0.380. The van der Waals surface area contributed by atoms with Crippen LogP contribution in [0.1, 0.15) is 53.6 Å². The second-order valence-corrected chi connectivity index (χ2v) is 5.12. The maximum absolute atomic E-state index is 9.80. The number of aliphatic hydroxyl groups is 1. The molecule has 2 nitrogen and oxygen atoms in total. The van der Waals surface area contributed by atoms with Crippen LogP contribution in [0.3, 0.4) is 0 Å². The number of hydrogen-bond acceptors (Lipinski definition) is 3. The summed E-state index contributed by atoms with van der Waals surface area (Å²) in [5.41, 5.74) is 7.12. The van der Waals surface area contributed by atoms with Gasteiger partial charge in [0, 0.05) is 15.8 Å². The van der Waals surface area contributed by atoms with Gasteiger partial charge in [-0.15, -0.1) is 11.3 Å². The van der Waals surface area contributed by atoms with Gasteiger partial charge in [0.1, 0.15) is 0 Å². The minimum absolute atomic E-state index is 0.151.